The number of carbonyl (C=O) groups is 2. The van der Waals surface area contributed by atoms with E-state index >= 15 is 0 Å². The maximum absolute atomic E-state index is 13.8. The molecule has 0 atom stereocenters. The fraction of sp³-hybridized carbons (Fsp3) is 0.333. The molecule has 1 N–H and O–H groups in total. The number of benzene rings is 1. The number of esters is 1. The fourth-order valence-electron chi connectivity index (χ4n) is 2.98. The highest BCUT2D eigenvalue weighted by molar-refractivity contribution is 6.31. The van der Waals surface area contributed by atoms with E-state index in [4.69, 9.17) is 21.6 Å². The van der Waals surface area contributed by atoms with Crippen LogP contribution in [0.2, 0.25) is 5.02 Å². The van der Waals surface area contributed by atoms with Crippen LogP contribution in [-0.4, -0.2) is 35.4 Å². The largest absolute Gasteiger partial charge is 0.456 e. The molecule has 9 heteroatoms. The summed E-state index contributed by atoms with van der Waals surface area (Å²) in [6.07, 6.45) is 0.214. The summed E-state index contributed by atoms with van der Waals surface area (Å²) >= 11 is 5.96. The normalized spacial score (nSPS) is 10.4. The van der Waals surface area contributed by atoms with Gasteiger partial charge in [-0.3, -0.25) is 14.4 Å². The van der Waals surface area contributed by atoms with E-state index in [0.717, 1.165) is 0 Å². The zero-order valence-electron chi connectivity index (χ0n) is 16.8. The van der Waals surface area contributed by atoms with Crippen molar-refractivity contribution in [2.75, 3.05) is 13.7 Å². The number of aryl methyl sites for hydroxylation is 1. The minimum Gasteiger partial charge on any atom is -0.456 e. The van der Waals surface area contributed by atoms with E-state index in [1.54, 1.807) is 13.8 Å². The number of rotatable bonds is 7. The molecule has 2 rings (SSSR count). The first-order chi connectivity index (χ1) is 14.1. The van der Waals surface area contributed by atoms with Gasteiger partial charge in [-0.15, -0.1) is 0 Å². The van der Waals surface area contributed by atoms with Crippen LogP contribution in [0.3, 0.4) is 0 Å². The third kappa shape index (κ3) is 5.45. The van der Waals surface area contributed by atoms with Crippen molar-refractivity contribution >= 4 is 23.5 Å². The number of H-pyrrole nitrogens is 1. The average Bonchev–Trinajstić information content (AvgIpc) is 2.68. The number of ether oxygens (including phenoxy) is 1. The molecule has 0 spiro atoms. The third-order valence-corrected chi connectivity index (χ3v) is 5.09. The highest BCUT2D eigenvalue weighted by Gasteiger charge is 2.17. The zero-order valence-corrected chi connectivity index (χ0v) is 17.6. The average molecular weight is 434 g/mol. The van der Waals surface area contributed by atoms with Gasteiger partial charge < -0.3 is 14.6 Å². The van der Waals surface area contributed by atoms with Crippen LogP contribution < -0.4 is 5.56 Å². The van der Waals surface area contributed by atoms with Gasteiger partial charge in [-0.25, -0.2) is 4.39 Å². The molecular formula is C21H21ClFN3O4. The van der Waals surface area contributed by atoms with E-state index in [1.807, 2.05) is 6.07 Å². The molecule has 0 saturated carbocycles. The molecular weight excluding hydrogens is 413 g/mol. The lowest BCUT2D eigenvalue weighted by Crippen LogP contribution is -2.31. The number of hydrogen-bond donors (Lipinski definition) is 1. The van der Waals surface area contributed by atoms with Crippen molar-refractivity contribution in [3.63, 3.8) is 0 Å². The van der Waals surface area contributed by atoms with Crippen LogP contribution in [-0.2, 0) is 27.3 Å². The first-order valence-corrected chi connectivity index (χ1v) is 9.48. The molecule has 30 heavy (non-hydrogen) atoms. The molecule has 1 aromatic carbocycles. The standard InChI is InChI=1S/C21H21ClFN3O4/c1-12-14(13(2)25-21(29)15(12)9-24)7-8-20(28)30-11-19(27)26(3)10-16-17(22)5-4-6-18(16)23/h4-6H,7-8,10-11H2,1-3H3,(H,25,29). The van der Waals surface area contributed by atoms with Crippen molar-refractivity contribution in [1.29, 1.82) is 5.26 Å². The first kappa shape index (κ1) is 23.1. The molecule has 0 unspecified atom stereocenters. The predicted molar refractivity (Wildman–Crippen MR) is 108 cm³/mol. The number of nitrogens with zero attached hydrogens (tertiary/aromatic N) is 2. The van der Waals surface area contributed by atoms with E-state index < -0.39 is 29.9 Å². The second kappa shape index (κ2) is 10.0. The number of aromatic amines is 1. The van der Waals surface area contributed by atoms with Crippen LogP contribution in [0.15, 0.2) is 23.0 Å². The van der Waals surface area contributed by atoms with Crippen molar-refractivity contribution in [2.45, 2.75) is 33.2 Å². The number of carbonyl (C=O) groups excluding carboxylic acids is 2. The van der Waals surface area contributed by atoms with Gasteiger partial charge in [0.1, 0.15) is 17.4 Å². The van der Waals surface area contributed by atoms with Crippen LogP contribution in [0.5, 0.6) is 0 Å². The second-order valence-corrected chi connectivity index (χ2v) is 7.19. The Hall–Kier alpha value is -3.18. The third-order valence-electron chi connectivity index (χ3n) is 4.74. The molecule has 1 heterocycles. The van der Waals surface area contributed by atoms with Crippen molar-refractivity contribution in [3.05, 3.63) is 67.3 Å². The monoisotopic (exact) mass is 433 g/mol. The zero-order chi connectivity index (χ0) is 22.4. The van der Waals surface area contributed by atoms with E-state index in [9.17, 15) is 18.8 Å². The predicted octanol–water partition coefficient (Wildman–Crippen LogP) is 2.79. The van der Waals surface area contributed by atoms with E-state index in [-0.39, 0.29) is 35.5 Å². The molecule has 1 amide bonds. The first-order valence-electron chi connectivity index (χ1n) is 9.10. The topological polar surface area (TPSA) is 103 Å². The van der Waals surface area contributed by atoms with Crippen LogP contribution in [0, 0.1) is 31.0 Å². The Balaban J connectivity index is 1.91. The molecule has 7 nitrogen and oxygen atoms in total. The van der Waals surface area contributed by atoms with Gasteiger partial charge >= 0.3 is 5.97 Å². The number of hydrogen-bond acceptors (Lipinski definition) is 5. The smallest absolute Gasteiger partial charge is 0.306 e. The molecule has 0 radical (unpaired) electrons. The van der Waals surface area contributed by atoms with Crippen LogP contribution in [0.4, 0.5) is 4.39 Å². The molecule has 0 aliphatic carbocycles. The molecule has 0 saturated heterocycles. The minimum atomic E-state index is -0.607. The summed E-state index contributed by atoms with van der Waals surface area (Å²) in [5, 5.41) is 9.30. The fourth-order valence-corrected chi connectivity index (χ4v) is 3.20. The number of pyridine rings is 1. The van der Waals surface area contributed by atoms with Gasteiger partial charge in [0.05, 0.1) is 0 Å². The maximum Gasteiger partial charge on any atom is 0.306 e. The lowest BCUT2D eigenvalue weighted by Gasteiger charge is -2.18. The summed E-state index contributed by atoms with van der Waals surface area (Å²) in [7, 11) is 1.45. The molecule has 0 aliphatic rings. The Kier molecular flexibility index (Phi) is 7.72. The van der Waals surface area contributed by atoms with Crippen molar-refractivity contribution in [2.24, 2.45) is 0 Å². The molecule has 1 aromatic heterocycles. The van der Waals surface area contributed by atoms with Crippen LogP contribution >= 0.6 is 11.6 Å². The molecule has 2 aromatic rings. The van der Waals surface area contributed by atoms with E-state index in [1.165, 1.54) is 30.1 Å². The number of aromatic nitrogens is 1. The number of amides is 1. The Morgan fingerprint density at radius 1 is 1.30 bits per heavy atom. The molecule has 158 valence electrons. The number of likely N-dealkylation sites (N-methyl/N-ethyl adjacent to an activating group) is 1. The van der Waals surface area contributed by atoms with Gasteiger partial charge in [-0.2, -0.15) is 5.26 Å². The van der Waals surface area contributed by atoms with Crippen molar-refractivity contribution in [1.82, 2.24) is 9.88 Å². The molecule has 0 fully saturated rings. The Morgan fingerprint density at radius 2 is 2.00 bits per heavy atom. The number of nitrogens with one attached hydrogen (secondary N) is 1. The highest BCUT2D eigenvalue weighted by Crippen LogP contribution is 2.20. The van der Waals surface area contributed by atoms with Gasteiger partial charge in [-0.1, -0.05) is 17.7 Å². The van der Waals surface area contributed by atoms with Gasteiger partial charge in [0, 0.05) is 36.3 Å². The minimum absolute atomic E-state index is 0.00701. The summed E-state index contributed by atoms with van der Waals surface area (Å²) in [6, 6.07) is 6.09. The van der Waals surface area contributed by atoms with Gasteiger partial charge in [-0.05, 0) is 43.5 Å². The van der Waals surface area contributed by atoms with Gasteiger partial charge in [0.15, 0.2) is 6.61 Å². The SMILES string of the molecule is Cc1[nH]c(=O)c(C#N)c(C)c1CCC(=O)OCC(=O)N(C)Cc1c(F)cccc1Cl. The van der Waals surface area contributed by atoms with Crippen molar-refractivity contribution in [3.8, 4) is 6.07 Å². The quantitative estimate of drug-likeness (QED) is 0.676. The van der Waals surface area contributed by atoms with Crippen LogP contribution in [0.1, 0.15) is 34.4 Å². The molecule has 0 bridgehead atoms. The summed E-state index contributed by atoms with van der Waals surface area (Å²) in [4.78, 5) is 39.8. The molecule has 0 aliphatic heterocycles. The van der Waals surface area contributed by atoms with Crippen molar-refractivity contribution < 1.29 is 18.7 Å². The number of nitriles is 1. The van der Waals surface area contributed by atoms with Gasteiger partial charge in [0.2, 0.25) is 0 Å². The Bertz CT molecular complexity index is 1050. The van der Waals surface area contributed by atoms with E-state index in [2.05, 4.69) is 4.98 Å². The summed E-state index contributed by atoms with van der Waals surface area (Å²) in [5.41, 5.74) is 1.49. The highest BCUT2D eigenvalue weighted by atomic mass is 35.5. The Labute approximate surface area is 178 Å². The maximum atomic E-state index is 13.8. The summed E-state index contributed by atoms with van der Waals surface area (Å²) in [6.45, 7) is 2.78. The summed E-state index contributed by atoms with van der Waals surface area (Å²) in [5.74, 6) is -1.64. The Morgan fingerprint density at radius 3 is 2.63 bits per heavy atom. The van der Waals surface area contributed by atoms with E-state index in [0.29, 0.717) is 16.8 Å². The second-order valence-electron chi connectivity index (χ2n) is 6.78. The number of halogens is 2. The lowest BCUT2D eigenvalue weighted by molar-refractivity contribution is -0.151. The van der Waals surface area contributed by atoms with Crippen LogP contribution in [0.25, 0.3) is 0 Å². The summed E-state index contributed by atoms with van der Waals surface area (Å²) < 4.78 is 18.9. The lowest BCUT2D eigenvalue weighted by atomic mass is 9.99. The van der Waals surface area contributed by atoms with Gasteiger partial charge in [0.25, 0.3) is 11.5 Å².